The van der Waals surface area contributed by atoms with Gasteiger partial charge < -0.3 is 4.40 Å². The molecule has 7 aromatic rings. The summed E-state index contributed by atoms with van der Waals surface area (Å²) in [5.74, 6) is 0. The Bertz CT molecular complexity index is 1770. The van der Waals surface area contributed by atoms with Crippen LogP contribution in [0, 0.1) is 6.92 Å². The van der Waals surface area contributed by atoms with E-state index in [1.807, 2.05) is 0 Å². The van der Waals surface area contributed by atoms with Crippen LogP contribution in [-0.4, -0.2) is 4.40 Å². The fraction of sp³-hybridized carbons (Fsp3) is 0.0741. The zero-order valence-electron chi connectivity index (χ0n) is 16.4. The van der Waals surface area contributed by atoms with Crippen LogP contribution in [0.2, 0.25) is 0 Å². The first kappa shape index (κ1) is 15.3. The second-order valence-electron chi connectivity index (χ2n) is 8.19. The van der Waals surface area contributed by atoms with E-state index in [4.69, 9.17) is 0 Å². The second-order valence-corrected chi connectivity index (χ2v) is 8.19. The Morgan fingerprint density at radius 3 is 2.31 bits per heavy atom. The van der Waals surface area contributed by atoms with Crippen LogP contribution in [0.25, 0.3) is 59.8 Å². The molecule has 0 N–H and O–H groups in total. The van der Waals surface area contributed by atoms with Crippen LogP contribution in [-0.2, 0) is 7.05 Å². The number of rotatable bonds is 0. The van der Waals surface area contributed by atoms with Gasteiger partial charge in [-0.1, -0.05) is 60.7 Å². The number of hydrogen-bond acceptors (Lipinski definition) is 0. The number of hydrogen-bond donors (Lipinski definition) is 0. The Labute approximate surface area is 167 Å². The Morgan fingerprint density at radius 1 is 0.655 bits per heavy atom. The van der Waals surface area contributed by atoms with Gasteiger partial charge in [0.05, 0.1) is 16.4 Å². The minimum Gasteiger partial charge on any atom is -0.302 e. The number of pyridine rings is 2. The van der Waals surface area contributed by atoms with Gasteiger partial charge in [0, 0.05) is 26.9 Å². The zero-order valence-corrected chi connectivity index (χ0v) is 16.4. The third-order valence-electron chi connectivity index (χ3n) is 6.61. The van der Waals surface area contributed by atoms with Gasteiger partial charge in [0.1, 0.15) is 12.6 Å². The standard InChI is InChI=1S/C27H19N2/c1-16-11-12-17-13-14-21-20-9-5-6-10-22(20)29-25(21)24(17)23(16)27-26(29)19-8-4-3-7-18(19)15-28(27)2/h3-15H,1-2H3/q+1. The van der Waals surface area contributed by atoms with Gasteiger partial charge >= 0.3 is 0 Å². The molecule has 0 amide bonds. The number of fused-ring (bicyclic) bond motifs is 8. The van der Waals surface area contributed by atoms with Crippen molar-refractivity contribution in [1.29, 1.82) is 0 Å². The molecule has 0 bridgehead atoms. The number of aromatic nitrogens is 2. The quantitative estimate of drug-likeness (QED) is 0.169. The van der Waals surface area contributed by atoms with Crippen molar-refractivity contribution in [3.63, 3.8) is 0 Å². The molecule has 3 aromatic heterocycles. The highest BCUT2D eigenvalue weighted by atomic mass is 15.0. The molecule has 2 heteroatoms. The first-order chi connectivity index (χ1) is 14.2. The summed E-state index contributed by atoms with van der Waals surface area (Å²) >= 11 is 0. The van der Waals surface area contributed by atoms with E-state index < -0.39 is 0 Å². The number of aryl methyl sites for hydroxylation is 2. The van der Waals surface area contributed by atoms with E-state index in [0.29, 0.717) is 0 Å². The van der Waals surface area contributed by atoms with E-state index in [0.717, 1.165) is 0 Å². The van der Waals surface area contributed by atoms with Crippen LogP contribution in [0.1, 0.15) is 5.56 Å². The molecule has 0 aliphatic carbocycles. The predicted molar refractivity (Wildman–Crippen MR) is 122 cm³/mol. The van der Waals surface area contributed by atoms with Crippen LogP contribution in [0.3, 0.4) is 0 Å². The van der Waals surface area contributed by atoms with E-state index >= 15 is 0 Å². The molecule has 2 nitrogen and oxygen atoms in total. The SMILES string of the molecule is Cc1ccc2ccc3c4ccccc4n4c3c2c1c1c4c2ccccc2c[n+]1C. The molecule has 0 aliphatic rings. The highest BCUT2D eigenvalue weighted by Crippen LogP contribution is 2.42. The molecule has 0 radical (unpaired) electrons. The Kier molecular flexibility index (Phi) is 2.66. The van der Waals surface area contributed by atoms with Crippen LogP contribution < -0.4 is 4.57 Å². The van der Waals surface area contributed by atoms with Gasteiger partial charge in [-0.3, -0.25) is 0 Å². The smallest absolute Gasteiger partial charge is 0.238 e. The summed E-state index contributed by atoms with van der Waals surface area (Å²) in [6.45, 7) is 2.24. The van der Waals surface area contributed by atoms with E-state index in [1.165, 1.54) is 65.3 Å². The van der Waals surface area contributed by atoms with Gasteiger partial charge in [-0.15, -0.1) is 0 Å². The summed E-state index contributed by atoms with van der Waals surface area (Å²) in [5, 5.41) is 9.27. The third kappa shape index (κ3) is 1.71. The minimum absolute atomic E-state index is 1.27. The normalized spacial score (nSPS) is 12.5. The molecule has 3 heterocycles. The molecule has 7 rings (SSSR count). The molecule has 29 heavy (non-hydrogen) atoms. The minimum atomic E-state index is 1.27. The van der Waals surface area contributed by atoms with Crippen LogP contribution in [0.5, 0.6) is 0 Å². The number of para-hydroxylation sites is 1. The summed E-state index contributed by atoms with van der Waals surface area (Å²) < 4.78 is 4.83. The van der Waals surface area contributed by atoms with Gasteiger partial charge in [0.2, 0.25) is 5.52 Å². The summed E-state index contributed by atoms with van der Waals surface area (Å²) in [4.78, 5) is 0. The Morgan fingerprint density at radius 2 is 1.41 bits per heavy atom. The van der Waals surface area contributed by atoms with Gasteiger partial charge in [-0.25, -0.2) is 0 Å². The highest BCUT2D eigenvalue weighted by Gasteiger charge is 2.24. The molecule has 0 spiro atoms. The topological polar surface area (TPSA) is 8.29 Å². The van der Waals surface area contributed by atoms with Crippen molar-refractivity contribution < 1.29 is 4.57 Å². The lowest BCUT2D eigenvalue weighted by atomic mass is 9.96. The third-order valence-corrected chi connectivity index (χ3v) is 6.61. The molecule has 0 fully saturated rings. The second kappa shape index (κ2) is 5.03. The maximum Gasteiger partial charge on any atom is 0.238 e. The maximum absolute atomic E-state index is 2.51. The van der Waals surface area contributed by atoms with E-state index in [1.54, 1.807) is 0 Å². The lowest BCUT2D eigenvalue weighted by Gasteiger charge is -2.14. The summed E-state index contributed by atoms with van der Waals surface area (Å²) in [7, 11) is 2.18. The van der Waals surface area contributed by atoms with Crippen molar-refractivity contribution in [2.45, 2.75) is 6.92 Å². The van der Waals surface area contributed by atoms with Crippen molar-refractivity contribution in [2.24, 2.45) is 7.05 Å². The summed E-state index contributed by atoms with van der Waals surface area (Å²) in [6, 6.07) is 26.7. The van der Waals surface area contributed by atoms with Gasteiger partial charge in [0.15, 0.2) is 6.20 Å². The molecular formula is C27H19N2+. The van der Waals surface area contributed by atoms with E-state index in [-0.39, 0.29) is 0 Å². The van der Waals surface area contributed by atoms with Crippen LogP contribution in [0.4, 0.5) is 0 Å². The Hall–Kier alpha value is -3.65. The monoisotopic (exact) mass is 371 g/mol. The number of benzene rings is 4. The lowest BCUT2D eigenvalue weighted by Crippen LogP contribution is -2.29. The maximum atomic E-state index is 2.51. The first-order valence-electron chi connectivity index (χ1n) is 10.1. The largest absolute Gasteiger partial charge is 0.302 e. The van der Waals surface area contributed by atoms with Crippen LogP contribution >= 0.6 is 0 Å². The van der Waals surface area contributed by atoms with E-state index in [9.17, 15) is 0 Å². The van der Waals surface area contributed by atoms with E-state index in [2.05, 4.69) is 102 Å². The molecule has 4 aromatic carbocycles. The fourth-order valence-electron chi connectivity index (χ4n) is 5.42. The molecule has 0 atom stereocenters. The average molecular weight is 371 g/mol. The van der Waals surface area contributed by atoms with Crippen molar-refractivity contribution in [3.8, 4) is 0 Å². The van der Waals surface area contributed by atoms with Crippen LogP contribution in [0.15, 0.2) is 79.0 Å². The van der Waals surface area contributed by atoms with Gasteiger partial charge in [-0.05, 0) is 30.0 Å². The van der Waals surface area contributed by atoms with Gasteiger partial charge in [-0.2, -0.15) is 4.57 Å². The van der Waals surface area contributed by atoms with Crippen molar-refractivity contribution >= 4 is 59.8 Å². The van der Waals surface area contributed by atoms with Crippen molar-refractivity contribution in [2.75, 3.05) is 0 Å². The molecule has 0 aliphatic heterocycles. The molecular weight excluding hydrogens is 352 g/mol. The molecule has 0 saturated heterocycles. The Balaban J connectivity index is 2.04. The predicted octanol–water partition coefficient (Wildman–Crippen LogP) is 6.28. The molecule has 0 unspecified atom stereocenters. The molecule has 136 valence electrons. The van der Waals surface area contributed by atoms with Gasteiger partial charge in [0.25, 0.3) is 0 Å². The summed E-state index contributed by atoms with van der Waals surface area (Å²) in [6.07, 6.45) is 2.27. The highest BCUT2D eigenvalue weighted by molar-refractivity contribution is 6.30. The lowest BCUT2D eigenvalue weighted by molar-refractivity contribution is -0.642. The number of nitrogens with zero attached hydrogens (tertiary/aromatic N) is 2. The molecule has 0 saturated carbocycles. The average Bonchev–Trinajstić information content (AvgIpc) is 3.09. The first-order valence-corrected chi connectivity index (χ1v) is 10.1. The fourth-order valence-corrected chi connectivity index (χ4v) is 5.42. The zero-order chi connectivity index (χ0) is 19.3. The summed E-state index contributed by atoms with van der Waals surface area (Å²) in [5.41, 5.74) is 6.54. The van der Waals surface area contributed by atoms with Crippen molar-refractivity contribution in [1.82, 2.24) is 4.40 Å². The van der Waals surface area contributed by atoms with Crippen molar-refractivity contribution in [3.05, 3.63) is 84.6 Å².